The van der Waals surface area contributed by atoms with Crippen LogP contribution in [0.3, 0.4) is 0 Å². The van der Waals surface area contributed by atoms with Gasteiger partial charge in [-0.15, -0.1) is 0 Å². The Labute approximate surface area is 108 Å². The molecule has 0 aliphatic heterocycles. The lowest BCUT2D eigenvalue weighted by Gasteiger charge is -2.25. The predicted octanol–water partition coefficient (Wildman–Crippen LogP) is 0.321. The molecule has 1 rings (SSSR count). The lowest BCUT2D eigenvalue weighted by molar-refractivity contribution is 0.0543. The highest BCUT2D eigenvalue weighted by Gasteiger charge is 2.13. The molecule has 18 heavy (non-hydrogen) atoms. The van der Waals surface area contributed by atoms with Crippen LogP contribution in [0.1, 0.15) is 6.92 Å². The molecule has 0 saturated carbocycles. The van der Waals surface area contributed by atoms with E-state index in [2.05, 4.69) is 0 Å². The van der Waals surface area contributed by atoms with E-state index in [1.807, 2.05) is 18.9 Å². The molecular weight excluding hydrogens is 232 g/mol. The molecule has 5 heteroatoms. The van der Waals surface area contributed by atoms with Crippen LogP contribution in [0.5, 0.6) is 5.75 Å². The van der Waals surface area contributed by atoms with Gasteiger partial charge in [-0.2, -0.15) is 0 Å². The fourth-order valence-electron chi connectivity index (χ4n) is 1.46. The van der Waals surface area contributed by atoms with Crippen molar-refractivity contribution in [2.45, 2.75) is 19.1 Å². The molecule has 4 N–H and O–H groups in total. The number of ether oxygens (including phenoxy) is 1. The van der Waals surface area contributed by atoms with E-state index in [-0.39, 0.29) is 19.3 Å². The Morgan fingerprint density at radius 1 is 1.33 bits per heavy atom. The molecule has 5 nitrogen and oxygen atoms in total. The third-order valence-electron chi connectivity index (χ3n) is 2.84. The first-order valence-corrected chi connectivity index (χ1v) is 6.00. The maximum absolute atomic E-state index is 9.81. The Kier molecular flexibility index (Phi) is 5.91. The minimum Gasteiger partial charge on any atom is -0.491 e. The van der Waals surface area contributed by atoms with Gasteiger partial charge in [0.2, 0.25) is 0 Å². The molecule has 0 spiro atoms. The second-order valence-corrected chi connectivity index (χ2v) is 4.51. The number of hydrogen-bond donors (Lipinski definition) is 3. The van der Waals surface area contributed by atoms with E-state index in [1.165, 1.54) is 0 Å². The summed E-state index contributed by atoms with van der Waals surface area (Å²) in [5.41, 5.74) is 6.24. The van der Waals surface area contributed by atoms with Gasteiger partial charge in [0.15, 0.2) is 0 Å². The Bertz CT molecular complexity index is 343. The Morgan fingerprint density at radius 3 is 2.50 bits per heavy atom. The molecule has 0 bridgehead atoms. The number of benzene rings is 1. The molecule has 1 aromatic rings. The van der Waals surface area contributed by atoms with Gasteiger partial charge < -0.3 is 20.7 Å². The smallest absolute Gasteiger partial charge is 0.119 e. The number of nitrogen functional groups attached to an aromatic ring is 1. The largest absolute Gasteiger partial charge is 0.491 e. The Morgan fingerprint density at radius 2 is 1.94 bits per heavy atom. The van der Waals surface area contributed by atoms with Crippen LogP contribution in [0.25, 0.3) is 0 Å². The van der Waals surface area contributed by atoms with Crippen molar-refractivity contribution in [2.24, 2.45) is 0 Å². The predicted molar refractivity (Wildman–Crippen MR) is 71.5 cm³/mol. The topological polar surface area (TPSA) is 79.0 Å². The summed E-state index contributed by atoms with van der Waals surface area (Å²) in [5, 5.41) is 18.8. The third-order valence-corrected chi connectivity index (χ3v) is 2.84. The zero-order valence-electron chi connectivity index (χ0n) is 10.9. The van der Waals surface area contributed by atoms with E-state index in [1.54, 1.807) is 24.3 Å². The fourth-order valence-corrected chi connectivity index (χ4v) is 1.46. The summed E-state index contributed by atoms with van der Waals surface area (Å²) in [6.07, 6.45) is -0.596. The maximum Gasteiger partial charge on any atom is 0.119 e. The van der Waals surface area contributed by atoms with Crippen LogP contribution >= 0.6 is 0 Å². The highest BCUT2D eigenvalue weighted by atomic mass is 16.5. The van der Waals surface area contributed by atoms with E-state index in [9.17, 15) is 5.11 Å². The van der Waals surface area contributed by atoms with Crippen molar-refractivity contribution in [1.82, 2.24) is 4.90 Å². The zero-order valence-corrected chi connectivity index (χ0v) is 10.9. The van der Waals surface area contributed by atoms with E-state index >= 15 is 0 Å². The van der Waals surface area contributed by atoms with Crippen LogP contribution in [0, 0.1) is 0 Å². The van der Waals surface area contributed by atoms with Crippen molar-refractivity contribution in [1.29, 1.82) is 0 Å². The quantitative estimate of drug-likeness (QED) is 0.611. The van der Waals surface area contributed by atoms with Crippen LogP contribution in [0.4, 0.5) is 5.69 Å². The van der Waals surface area contributed by atoms with Gasteiger partial charge in [0, 0.05) is 18.3 Å². The van der Waals surface area contributed by atoms with Gasteiger partial charge in [0.25, 0.3) is 0 Å². The Balaban J connectivity index is 2.32. The summed E-state index contributed by atoms with van der Waals surface area (Å²) in [4.78, 5) is 1.89. The van der Waals surface area contributed by atoms with Gasteiger partial charge >= 0.3 is 0 Å². The van der Waals surface area contributed by atoms with Crippen LogP contribution in [0.2, 0.25) is 0 Å². The minimum absolute atomic E-state index is 0.0242. The summed E-state index contributed by atoms with van der Waals surface area (Å²) in [6.45, 7) is 2.64. The molecule has 1 aromatic carbocycles. The van der Waals surface area contributed by atoms with Crippen LogP contribution in [-0.4, -0.2) is 54.1 Å². The highest BCUT2D eigenvalue weighted by Crippen LogP contribution is 2.13. The van der Waals surface area contributed by atoms with Gasteiger partial charge in [-0.25, -0.2) is 0 Å². The van der Waals surface area contributed by atoms with Crippen LogP contribution < -0.4 is 10.5 Å². The van der Waals surface area contributed by atoms with Gasteiger partial charge in [-0.05, 0) is 38.2 Å². The zero-order chi connectivity index (χ0) is 13.5. The summed E-state index contributed by atoms with van der Waals surface area (Å²) in [5.74, 6) is 0.682. The number of likely N-dealkylation sites (N-methyl/N-ethyl adjacent to an activating group) is 1. The van der Waals surface area contributed by atoms with Gasteiger partial charge in [0.1, 0.15) is 18.5 Å². The van der Waals surface area contributed by atoms with Crippen LogP contribution in [0.15, 0.2) is 24.3 Å². The van der Waals surface area contributed by atoms with Crippen molar-refractivity contribution < 1.29 is 14.9 Å². The Hall–Kier alpha value is -1.30. The normalized spacial score (nSPS) is 14.5. The van der Waals surface area contributed by atoms with Gasteiger partial charge in [-0.3, -0.25) is 4.90 Å². The number of anilines is 1. The summed E-state index contributed by atoms with van der Waals surface area (Å²) >= 11 is 0. The molecule has 0 fully saturated rings. The first-order valence-electron chi connectivity index (χ1n) is 6.00. The number of aliphatic hydroxyl groups is 2. The molecule has 0 aliphatic rings. The minimum atomic E-state index is -0.596. The van der Waals surface area contributed by atoms with Gasteiger partial charge in [0.05, 0.1) is 6.61 Å². The molecule has 0 aliphatic carbocycles. The monoisotopic (exact) mass is 254 g/mol. The van der Waals surface area contributed by atoms with Crippen LogP contribution in [-0.2, 0) is 0 Å². The first kappa shape index (κ1) is 14.8. The first-order chi connectivity index (χ1) is 8.52. The van der Waals surface area contributed by atoms with E-state index in [0.717, 1.165) is 0 Å². The second kappa shape index (κ2) is 7.20. The summed E-state index contributed by atoms with van der Waals surface area (Å²) in [7, 11) is 1.85. The lowest BCUT2D eigenvalue weighted by atomic mass is 10.2. The number of nitrogens with zero attached hydrogens (tertiary/aromatic N) is 1. The molecule has 102 valence electrons. The number of aliphatic hydroxyl groups excluding tert-OH is 2. The lowest BCUT2D eigenvalue weighted by Crippen LogP contribution is -2.39. The molecule has 0 saturated heterocycles. The van der Waals surface area contributed by atoms with E-state index < -0.39 is 6.10 Å². The second-order valence-electron chi connectivity index (χ2n) is 4.51. The van der Waals surface area contributed by atoms with Crippen molar-refractivity contribution >= 4 is 5.69 Å². The number of rotatable bonds is 7. The van der Waals surface area contributed by atoms with Crippen molar-refractivity contribution in [3.05, 3.63) is 24.3 Å². The van der Waals surface area contributed by atoms with Crippen molar-refractivity contribution in [3.8, 4) is 5.75 Å². The van der Waals surface area contributed by atoms with Crippen molar-refractivity contribution in [3.63, 3.8) is 0 Å². The molecule has 2 unspecified atom stereocenters. The summed E-state index contributed by atoms with van der Waals surface area (Å²) in [6, 6.07) is 7.06. The SMILES string of the molecule is CC(CO)N(C)CC(O)COc1ccc(N)cc1. The number of nitrogens with two attached hydrogens (primary N) is 1. The molecule has 2 atom stereocenters. The average Bonchev–Trinajstić information content (AvgIpc) is 2.37. The highest BCUT2D eigenvalue weighted by molar-refractivity contribution is 5.41. The average molecular weight is 254 g/mol. The molecular formula is C13H22N2O3. The molecule has 0 amide bonds. The van der Waals surface area contributed by atoms with Gasteiger partial charge in [-0.1, -0.05) is 0 Å². The molecule has 0 heterocycles. The third kappa shape index (κ3) is 4.91. The van der Waals surface area contributed by atoms with Crippen molar-refractivity contribution in [2.75, 3.05) is 32.5 Å². The fraction of sp³-hybridized carbons (Fsp3) is 0.538. The standard InChI is InChI=1S/C13H22N2O3/c1-10(8-16)15(2)7-12(17)9-18-13-5-3-11(14)4-6-13/h3-6,10,12,16-17H,7-9,14H2,1-2H3. The summed E-state index contributed by atoms with van der Waals surface area (Å²) < 4.78 is 5.44. The maximum atomic E-state index is 9.81. The van der Waals surface area contributed by atoms with E-state index in [0.29, 0.717) is 18.0 Å². The van der Waals surface area contributed by atoms with E-state index in [4.69, 9.17) is 15.6 Å². The molecule has 0 radical (unpaired) electrons. The number of hydrogen-bond acceptors (Lipinski definition) is 5. The molecule has 0 aromatic heterocycles.